The summed E-state index contributed by atoms with van der Waals surface area (Å²) < 4.78 is 60.1. The van der Waals surface area contributed by atoms with Gasteiger partial charge in [0.15, 0.2) is 0 Å². The summed E-state index contributed by atoms with van der Waals surface area (Å²) in [4.78, 5) is 0. The number of rotatable bonds is 7. The maximum atomic E-state index is 11.9. The lowest BCUT2D eigenvalue weighted by atomic mass is 10.2. The molecule has 0 radical (unpaired) electrons. The van der Waals surface area contributed by atoms with Gasteiger partial charge in [-0.25, -0.2) is 12.7 Å². The number of sulfonamides is 1. The van der Waals surface area contributed by atoms with E-state index in [-0.39, 0.29) is 6.04 Å². The summed E-state index contributed by atoms with van der Waals surface area (Å²) in [6.07, 6.45) is -5.32. The summed E-state index contributed by atoms with van der Waals surface area (Å²) in [6.45, 7) is 2.01. The normalized spacial score (nSPS) is 15.2. The highest BCUT2D eigenvalue weighted by Crippen LogP contribution is 2.22. The maximum Gasteiger partial charge on any atom is 0.389 e. The van der Waals surface area contributed by atoms with Crippen LogP contribution < -0.4 is 5.73 Å². The molecule has 4 nitrogen and oxygen atoms in total. The van der Waals surface area contributed by atoms with Crippen LogP contribution in [0.3, 0.4) is 0 Å². The van der Waals surface area contributed by atoms with Gasteiger partial charge in [-0.05, 0) is 26.3 Å². The molecule has 0 heterocycles. The van der Waals surface area contributed by atoms with Crippen LogP contribution in [0.4, 0.5) is 13.2 Å². The molecule has 0 aliphatic carbocycles. The summed E-state index contributed by atoms with van der Waals surface area (Å²) in [7, 11) is -2.26. The fourth-order valence-corrected chi connectivity index (χ4v) is 2.75. The molecule has 0 rings (SSSR count). The van der Waals surface area contributed by atoms with Gasteiger partial charge < -0.3 is 5.73 Å². The predicted octanol–water partition coefficient (Wildman–Crippen LogP) is 1.33. The van der Waals surface area contributed by atoms with Crippen molar-refractivity contribution < 1.29 is 21.6 Å². The largest absolute Gasteiger partial charge is 0.389 e. The minimum Gasteiger partial charge on any atom is -0.330 e. The lowest BCUT2D eigenvalue weighted by Crippen LogP contribution is -2.38. The molecule has 1 unspecified atom stereocenters. The Labute approximate surface area is 100 Å². The molecule has 0 saturated heterocycles. The molecule has 1 atom stereocenters. The molecule has 0 fully saturated rings. The van der Waals surface area contributed by atoms with Gasteiger partial charge in [0.1, 0.15) is 0 Å². The van der Waals surface area contributed by atoms with Gasteiger partial charge in [-0.2, -0.15) is 13.2 Å². The molecule has 0 aromatic carbocycles. The Morgan fingerprint density at radius 1 is 1.35 bits per heavy atom. The third-order valence-electron chi connectivity index (χ3n) is 2.51. The third-order valence-corrected chi connectivity index (χ3v) is 4.55. The Morgan fingerprint density at radius 3 is 2.29 bits per heavy atom. The van der Waals surface area contributed by atoms with E-state index in [0.29, 0.717) is 13.0 Å². The molecule has 0 aromatic rings. The summed E-state index contributed by atoms with van der Waals surface area (Å²) in [5.74, 6) is -0.488. The van der Waals surface area contributed by atoms with Gasteiger partial charge in [0, 0.05) is 19.5 Å². The molecule has 0 aliphatic rings. The number of alkyl halides is 3. The quantitative estimate of drug-likeness (QED) is 0.763. The zero-order chi connectivity index (χ0) is 13.7. The van der Waals surface area contributed by atoms with Gasteiger partial charge in [0.2, 0.25) is 10.0 Å². The first kappa shape index (κ1) is 16.7. The molecule has 0 spiro atoms. The second-order valence-electron chi connectivity index (χ2n) is 3.98. The van der Waals surface area contributed by atoms with E-state index in [1.807, 2.05) is 0 Å². The van der Waals surface area contributed by atoms with Crippen LogP contribution in [-0.4, -0.2) is 44.3 Å². The monoisotopic (exact) mass is 276 g/mol. The molecule has 8 heteroatoms. The van der Waals surface area contributed by atoms with Crippen molar-refractivity contribution >= 4 is 10.0 Å². The Morgan fingerprint density at radius 2 is 1.88 bits per heavy atom. The molecule has 104 valence electrons. The number of nitrogens with two attached hydrogens (primary N) is 1. The molecule has 2 N–H and O–H groups in total. The standard InChI is InChI=1S/C9H19F3N2O2S/c1-8(4-6-13)14(2)17(15,16)7-3-5-9(10,11)12/h8H,3-7,13H2,1-2H3. The van der Waals surface area contributed by atoms with Crippen LogP contribution in [0.15, 0.2) is 0 Å². The molecule has 0 aromatic heterocycles. The van der Waals surface area contributed by atoms with Crippen LogP contribution in [-0.2, 0) is 10.0 Å². The smallest absolute Gasteiger partial charge is 0.330 e. The molecule has 17 heavy (non-hydrogen) atoms. The molecular formula is C9H19F3N2O2S. The fraction of sp³-hybridized carbons (Fsp3) is 1.00. The van der Waals surface area contributed by atoms with E-state index in [1.54, 1.807) is 6.92 Å². The Hall–Kier alpha value is -0.340. The average molecular weight is 276 g/mol. The average Bonchev–Trinajstić information content (AvgIpc) is 2.14. The molecule has 0 bridgehead atoms. The zero-order valence-corrected chi connectivity index (χ0v) is 10.8. The highest BCUT2D eigenvalue weighted by atomic mass is 32.2. The number of hydrogen-bond acceptors (Lipinski definition) is 3. The van der Waals surface area contributed by atoms with Crippen LogP contribution in [0.2, 0.25) is 0 Å². The van der Waals surface area contributed by atoms with Gasteiger partial charge in [-0.3, -0.25) is 0 Å². The highest BCUT2D eigenvalue weighted by molar-refractivity contribution is 7.89. The van der Waals surface area contributed by atoms with Crippen molar-refractivity contribution in [2.75, 3.05) is 19.3 Å². The zero-order valence-electron chi connectivity index (χ0n) is 10.00. The molecule has 0 amide bonds. The van der Waals surface area contributed by atoms with Gasteiger partial charge in [-0.1, -0.05) is 0 Å². The lowest BCUT2D eigenvalue weighted by Gasteiger charge is -2.23. The minimum atomic E-state index is -4.31. The minimum absolute atomic E-state index is 0.295. The molecule has 0 saturated carbocycles. The summed E-state index contributed by atoms with van der Waals surface area (Å²) in [6, 6.07) is -0.295. The van der Waals surface area contributed by atoms with Gasteiger partial charge in [0.05, 0.1) is 5.75 Å². The lowest BCUT2D eigenvalue weighted by molar-refractivity contribution is -0.134. The van der Waals surface area contributed by atoms with E-state index < -0.39 is 34.8 Å². The Kier molecular flexibility index (Phi) is 6.42. The first-order valence-corrected chi connectivity index (χ1v) is 6.93. The van der Waals surface area contributed by atoms with Crippen molar-refractivity contribution in [2.45, 2.75) is 38.4 Å². The van der Waals surface area contributed by atoms with Crippen LogP contribution in [0.1, 0.15) is 26.2 Å². The summed E-state index contributed by atoms with van der Waals surface area (Å²) in [5, 5.41) is 0. The van der Waals surface area contributed by atoms with E-state index in [4.69, 9.17) is 5.73 Å². The van der Waals surface area contributed by atoms with E-state index in [1.165, 1.54) is 7.05 Å². The maximum absolute atomic E-state index is 11.9. The SMILES string of the molecule is CC(CCN)N(C)S(=O)(=O)CCCC(F)(F)F. The van der Waals surface area contributed by atoms with E-state index in [9.17, 15) is 21.6 Å². The van der Waals surface area contributed by atoms with Crippen molar-refractivity contribution in [3.8, 4) is 0 Å². The molecule has 0 aliphatic heterocycles. The Balaban J connectivity index is 4.28. The van der Waals surface area contributed by atoms with Gasteiger partial charge >= 0.3 is 6.18 Å². The predicted molar refractivity (Wildman–Crippen MR) is 60.0 cm³/mol. The van der Waals surface area contributed by atoms with Crippen molar-refractivity contribution in [1.29, 1.82) is 0 Å². The number of hydrogen-bond donors (Lipinski definition) is 1. The van der Waals surface area contributed by atoms with Crippen molar-refractivity contribution in [1.82, 2.24) is 4.31 Å². The third kappa shape index (κ3) is 6.85. The molecular weight excluding hydrogens is 257 g/mol. The van der Waals surface area contributed by atoms with Crippen molar-refractivity contribution in [3.05, 3.63) is 0 Å². The Bertz CT molecular complexity index is 317. The second-order valence-corrected chi connectivity index (χ2v) is 6.13. The summed E-state index contributed by atoms with van der Waals surface area (Å²) in [5.41, 5.74) is 5.30. The van der Waals surface area contributed by atoms with Gasteiger partial charge in [0.25, 0.3) is 0 Å². The first-order valence-electron chi connectivity index (χ1n) is 5.32. The number of halogens is 3. The van der Waals surface area contributed by atoms with E-state index >= 15 is 0 Å². The van der Waals surface area contributed by atoms with Crippen molar-refractivity contribution in [3.63, 3.8) is 0 Å². The topological polar surface area (TPSA) is 63.4 Å². The highest BCUT2D eigenvalue weighted by Gasteiger charge is 2.29. The second kappa shape index (κ2) is 6.55. The van der Waals surface area contributed by atoms with Crippen molar-refractivity contribution in [2.24, 2.45) is 5.73 Å². The van der Waals surface area contributed by atoms with E-state index in [0.717, 1.165) is 4.31 Å². The summed E-state index contributed by atoms with van der Waals surface area (Å²) >= 11 is 0. The van der Waals surface area contributed by atoms with Crippen LogP contribution in [0.5, 0.6) is 0 Å². The van der Waals surface area contributed by atoms with Gasteiger partial charge in [-0.15, -0.1) is 0 Å². The first-order chi connectivity index (χ1) is 7.60. The number of nitrogens with zero attached hydrogens (tertiary/aromatic N) is 1. The van der Waals surface area contributed by atoms with E-state index in [2.05, 4.69) is 0 Å². The van der Waals surface area contributed by atoms with Crippen LogP contribution in [0.25, 0.3) is 0 Å². The van der Waals surface area contributed by atoms with Crippen LogP contribution >= 0.6 is 0 Å². The van der Waals surface area contributed by atoms with Crippen LogP contribution in [0, 0.1) is 0 Å². The fourth-order valence-electron chi connectivity index (χ4n) is 1.30.